The van der Waals surface area contributed by atoms with Crippen LogP contribution in [0.5, 0.6) is 0 Å². The lowest BCUT2D eigenvalue weighted by Crippen LogP contribution is -2.56. The predicted molar refractivity (Wildman–Crippen MR) is 66.4 cm³/mol. The van der Waals surface area contributed by atoms with Crippen LogP contribution in [0, 0.1) is 0 Å². The number of amides is 2. The molecule has 1 unspecified atom stereocenters. The molecule has 0 radical (unpaired) electrons. The van der Waals surface area contributed by atoms with Gasteiger partial charge in [-0.05, 0) is 0 Å². The van der Waals surface area contributed by atoms with Gasteiger partial charge in [-0.1, -0.05) is 12.2 Å². The molecule has 1 aliphatic heterocycles. The van der Waals surface area contributed by atoms with E-state index in [1.165, 1.54) is 0 Å². The van der Waals surface area contributed by atoms with E-state index in [1.807, 2.05) is 0 Å². The molecule has 5 heteroatoms. The number of piperazine rings is 1. The smallest absolute Gasteiger partial charge is 0.240 e. The van der Waals surface area contributed by atoms with Crippen molar-refractivity contribution in [3.8, 4) is 0 Å². The van der Waals surface area contributed by atoms with Crippen molar-refractivity contribution in [2.24, 2.45) is 0 Å². The summed E-state index contributed by atoms with van der Waals surface area (Å²) < 4.78 is 0. The highest BCUT2D eigenvalue weighted by molar-refractivity contribution is 5.89. The van der Waals surface area contributed by atoms with Crippen molar-refractivity contribution in [3.05, 3.63) is 25.3 Å². The van der Waals surface area contributed by atoms with Crippen LogP contribution in [-0.4, -0.2) is 48.9 Å². The van der Waals surface area contributed by atoms with Crippen LogP contribution in [0.2, 0.25) is 0 Å². The van der Waals surface area contributed by atoms with Crippen LogP contribution in [-0.2, 0) is 9.59 Å². The minimum atomic E-state index is -0.423. The fourth-order valence-electron chi connectivity index (χ4n) is 1.73. The second kappa shape index (κ2) is 6.85. The highest BCUT2D eigenvalue weighted by atomic mass is 16.2. The molecule has 94 valence electrons. The van der Waals surface area contributed by atoms with Crippen LogP contribution in [0.25, 0.3) is 0 Å². The van der Waals surface area contributed by atoms with Gasteiger partial charge in [-0.3, -0.25) is 9.59 Å². The molecule has 1 aliphatic rings. The van der Waals surface area contributed by atoms with E-state index in [0.717, 1.165) is 0 Å². The molecule has 0 spiro atoms. The van der Waals surface area contributed by atoms with E-state index in [0.29, 0.717) is 26.2 Å². The summed E-state index contributed by atoms with van der Waals surface area (Å²) in [6.07, 6.45) is 3.47. The molecule has 0 aromatic rings. The molecule has 1 atom stereocenters. The van der Waals surface area contributed by atoms with Gasteiger partial charge in [-0.25, -0.2) is 0 Å². The third-order valence-electron chi connectivity index (χ3n) is 2.56. The molecule has 17 heavy (non-hydrogen) atoms. The second-order valence-electron chi connectivity index (χ2n) is 3.88. The number of rotatable bonds is 6. The number of nitrogens with one attached hydrogen (secondary N) is 2. The Morgan fingerprint density at radius 2 is 2.29 bits per heavy atom. The van der Waals surface area contributed by atoms with Gasteiger partial charge in [0.1, 0.15) is 0 Å². The van der Waals surface area contributed by atoms with E-state index in [4.69, 9.17) is 0 Å². The van der Waals surface area contributed by atoms with Gasteiger partial charge in [-0.15, -0.1) is 13.2 Å². The minimum Gasteiger partial charge on any atom is -0.353 e. The van der Waals surface area contributed by atoms with Gasteiger partial charge in [0.15, 0.2) is 0 Å². The predicted octanol–water partition coefficient (Wildman–Crippen LogP) is -0.335. The Morgan fingerprint density at radius 1 is 1.53 bits per heavy atom. The topological polar surface area (TPSA) is 61.4 Å². The zero-order valence-electron chi connectivity index (χ0n) is 9.95. The first-order valence-corrected chi connectivity index (χ1v) is 5.69. The zero-order valence-corrected chi connectivity index (χ0v) is 9.95. The van der Waals surface area contributed by atoms with Crippen LogP contribution in [0.4, 0.5) is 0 Å². The standard InChI is InChI=1S/C12H19N3O2/c1-3-5-14-11(16)9-10-12(17)15(7-4-2)8-6-13-10/h3-4,10,13H,1-2,5-9H2,(H,14,16). The van der Waals surface area contributed by atoms with Crippen LogP contribution >= 0.6 is 0 Å². The molecular formula is C12H19N3O2. The van der Waals surface area contributed by atoms with Crippen LogP contribution in [0.15, 0.2) is 25.3 Å². The van der Waals surface area contributed by atoms with Gasteiger partial charge in [0.05, 0.1) is 12.5 Å². The second-order valence-corrected chi connectivity index (χ2v) is 3.88. The summed E-state index contributed by atoms with van der Waals surface area (Å²) in [7, 11) is 0. The molecule has 1 saturated heterocycles. The van der Waals surface area contributed by atoms with Gasteiger partial charge in [0.25, 0.3) is 0 Å². The summed E-state index contributed by atoms with van der Waals surface area (Å²) >= 11 is 0. The minimum absolute atomic E-state index is 0.0371. The van der Waals surface area contributed by atoms with E-state index >= 15 is 0 Å². The molecule has 1 fully saturated rings. The normalized spacial score (nSPS) is 19.9. The average molecular weight is 237 g/mol. The maximum atomic E-state index is 11.9. The Hall–Kier alpha value is -1.62. The maximum Gasteiger partial charge on any atom is 0.240 e. The van der Waals surface area contributed by atoms with Gasteiger partial charge in [0, 0.05) is 26.2 Å². The van der Waals surface area contributed by atoms with Crippen LogP contribution in [0.3, 0.4) is 0 Å². The molecular weight excluding hydrogens is 218 g/mol. The van der Waals surface area contributed by atoms with Crippen molar-refractivity contribution in [3.63, 3.8) is 0 Å². The zero-order chi connectivity index (χ0) is 12.7. The summed E-state index contributed by atoms with van der Waals surface area (Å²) in [5, 5.41) is 5.71. The Kier molecular flexibility index (Phi) is 5.42. The molecule has 0 aromatic heterocycles. The van der Waals surface area contributed by atoms with Crippen LogP contribution in [0.1, 0.15) is 6.42 Å². The first-order valence-electron chi connectivity index (χ1n) is 5.69. The molecule has 0 aliphatic carbocycles. The van der Waals surface area contributed by atoms with Crippen LogP contribution < -0.4 is 10.6 Å². The molecule has 0 saturated carbocycles. The van der Waals surface area contributed by atoms with Gasteiger partial charge < -0.3 is 15.5 Å². The third-order valence-corrected chi connectivity index (χ3v) is 2.56. The Bertz CT molecular complexity index is 315. The van der Waals surface area contributed by atoms with E-state index in [2.05, 4.69) is 23.8 Å². The number of hydrogen-bond donors (Lipinski definition) is 2. The molecule has 1 rings (SSSR count). The summed E-state index contributed by atoms with van der Waals surface area (Å²) in [5.74, 6) is -0.180. The summed E-state index contributed by atoms with van der Waals surface area (Å²) in [5.41, 5.74) is 0. The Labute approximate surface area is 102 Å². The SMILES string of the molecule is C=CCNC(=O)CC1NCCN(CC=C)C1=O. The van der Waals surface area contributed by atoms with Crippen molar-refractivity contribution in [2.45, 2.75) is 12.5 Å². The monoisotopic (exact) mass is 237 g/mol. The first kappa shape index (κ1) is 13.4. The number of nitrogens with zero attached hydrogens (tertiary/aromatic N) is 1. The van der Waals surface area contributed by atoms with E-state index in [1.54, 1.807) is 17.1 Å². The van der Waals surface area contributed by atoms with Crippen molar-refractivity contribution < 1.29 is 9.59 Å². The highest BCUT2D eigenvalue weighted by Gasteiger charge is 2.28. The third kappa shape index (κ3) is 4.03. The fraction of sp³-hybridized carbons (Fsp3) is 0.500. The number of carbonyl (C=O) groups is 2. The fourth-order valence-corrected chi connectivity index (χ4v) is 1.73. The van der Waals surface area contributed by atoms with Crippen molar-refractivity contribution in [1.29, 1.82) is 0 Å². The molecule has 2 N–H and O–H groups in total. The Balaban J connectivity index is 2.46. The number of hydrogen-bond acceptors (Lipinski definition) is 3. The molecule has 0 aromatic carbocycles. The van der Waals surface area contributed by atoms with Gasteiger partial charge in [0.2, 0.25) is 11.8 Å². The molecule has 0 bridgehead atoms. The summed E-state index contributed by atoms with van der Waals surface area (Å²) in [4.78, 5) is 25.1. The lowest BCUT2D eigenvalue weighted by Gasteiger charge is -2.32. The lowest BCUT2D eigenvalue weighted by atomic mass is 10.1. The van der Waals surface area contributed by atoms with Gasteiger partial charge in [-0.2, -0.15) is 0 Å². The summed E-state index contributed by atoms with van der Waals surface area (Å²) in [6.45, 7) is 9.45. The van der Waals surface area contributed by atoms with Gasteiger partial charge >= 0.3 is 0 Å². The summed E-state index contributed by atoms with van der Waals surface area (Å²) in [6, 6.07) is -0.423. The van der Waals surface area contributed by atoms with Crippen molar-refractivity contribution in [1.82, 2.24) is 15.5 Å². The lowest BCUT2D eigenvalue weighted by molar-refractivity contribution is -0.137. The highest BCUT2D eigenvalue weighted by Crippen LogP contribution is 2.05. The van der Waals surface area contributed by atoms with Crippen molar-refractivity contribution in [2.75, 3.05) is 26.2 Å². The van der Waals surface area contributed by atoms with E-state index in [9.17, 15) is 9.59 Å². The maximum absolute atomic E-state index is 11.9. The number of carbonyl (C=O) groups excluding carboxylic acids is 2. The van der Waals surface area contributed by atoms with Crippen molar-refractivity contribution >= 4 is 11.8 Å². The Morgan fingerprint density at radius 3 is 2.94 bits per heavy atom. The molecule has 5 nitrogen and oxygen atoms in total. The van der Waals surface area contributed by atoms with E-state index < -0.39 is 6.04 Å². The molecule has 2 amide bonds. The quantitative estimate of drug-likeness (QED) is 0.622. The molecule has 1 heterocycles. The first-order chi connectivity index (χ1) is 8.19. The van der Waals surface area contributed by atoms with E-state index in [-0.39, 0.29) is 18.2 Å². The largest absolute Gasteiger partial charge is 0.353 e. The average Bonchev–Trinajstić information content (AvgIpc) is 2.32.